The fourth-order valence-corrected chi connectivity index (χ4v) is 11.0. The second-order valence-corrected chi connectivity index (χ2v) is 21.0. The second kappa shape index (κ2) is 12.2. The highest BCUT2D eigenvalue weighted by Gasteiger charge is 2.48. The van der Waals surface area contributed by atoms with Crippen LogP contribution in [0.25, 0.3) is 10.1 Å². The van der Waals surface area contributed by atoms with Crippen molar-refractivity contribution in [3.63, 3.8) is 0 Å². The lowest BCUT2D eigenvalue weighted by Crippen LogP contribution is -2.61. The fourth-order valence-electron chi connectivity index (χ4n) is 9.71. The third kappa shape index (κ3) is 5.36. The van der Waals surface area contributed by atoms with Gasteiger partial charge in [0, 0.05) is 33.4 Å². The van der Waals surface area contributed by atoms with Gasteiger partial charge in [-0.15, -0.1) is 11.3 Å². The van der Waals surface area contributed by atoms with Gasteiger partial charge >= 0.3 is 0 Å². The molecule has 0 bridgehead atoms. The molecule has 6 nitrogen and oxygen atoms in total. The molecule has 5 aromatic carbocycles. The predicted molar refractivity (Wildman–Crippen MR) is 243 cm³/mol. The van der Waals surface area contributed by atoms with E-state index in [1.165, 1.54) is 76.4 Å². The van der Waals surface area contributed by atoms with Crippen LogP contribution in [0.2, 0.25) is 0 Å². The maximum atomic E-state index is 6.21. The van der Waals surface area contributed by atoms with Crippen molar-refractivity contribution < 1.29 is 18.9 Å². The summed E-state index contributed by atoms with van der Waals surface area (Å²) in [5, 5.41) is 2.54. The Kier molecular flexibility index (Phi) is 7.85. The number of hydrogen-bond acceptors (Lipinski definition) is 7. The van der Waals surface area contributed by atoms with Crippen molar-refractivity contribution in [2.75, 3.05) is 23.4 Å². The summed E-state index contributed by atoms with van der Waals surface area (Å²) in [5.74, 6) is 3.22. The lowest BCUT2D eigenvalue weighted by molar-refractivity contribution is 0.173. The molecule has 8 heteroatoms. The van der Waals surface area contributed by atoms with Crippen LogP contribution in [0.4, 0.5) is 33.4 Å². The molecule has 0 amide bonds. The predicted octanol–water partition coefficient (Wildman–Crippen LogP) is 11.6. The van der Waals surface area contributed by atoms with E-state index in [0.29, 0.717) is 0 Å². The zero-order valence-electron chi connectivity index (χ0n) is 36.2. The minimum absolute atomic E-state index is 0.0133. The van der Waals surface area contributed by atoms with Crippen LogP contribution >= 0.6 is 11.3 Å². The van der Waals surface area contributed by atoms with Gasteiger partial charge in [0.2, 0.25) is 13.6 Å². The van der Waals surface area contributed by atoms with Crippen molar-refractivity contribution in [3.8, 4) is 23.0 Å². The van der Waals surface area contributed by atoms with Crippen molar-refractivity contribution in [1.82, 2.24) is 0 Å². The molecule has 5 heterocycles. The molecule has 4 aliphatic heterocycles. The Balaban J connectivity index is 1.38. The number of hydrogen-bond donors (Lipinski definition) is 0. The lowest BCUT2D eigenvalue weighted by atomic mass is 9.33. The topological polar surface area (TPSA) is 43.4 Å². The van der Waals surface area contributed by atoms with Crippen LogP contribution in [0.1, 0.15) is 101 Å². The minimum Gasteiger partial charge on any atom is -0.454 e. The van der Waals surface area contributed by atoms with Crippen molar-refractivity contribution in [1.29, 1.82) is 0 Å². The van der Waals surface area contributed by atoms with Gasteiger partial charge in [-0.1, -0.05) is 86.6 Å². The maximum Gasteiger partial charge on any atom is 0.254 e. The summed E-state index contributed by atoms with van der Waals surface area (Å²) < 4.78 is 25.9. The number of ether oxygens (including phenoxy) is 4. The fraction of sp³-hybridized carbons (Fsp3) is 0.360. The SMILES string of the molecule is Cc1cc(C(C)(C)C)cc(C)c1N1c2cc3c(cc2B2c4c1cc(C(C)(C)C)cc4N(c1c(C)cc4c(c1C)OCO4)c1sc4ccc(C(C)(C)C)cc4c12)OCO3. The van der Waals surface area contributed by atoms with Crippen LogP contribution in [0.3, 0.4) is 0 Å². The maximum absolute atomic E-state index is 6.21. The van der Waals surface area contributed by atoms with E-state index >= 15 is 0 Å². The van der Waals surface area contributed by atoms with Crippen molar-refractivity contribution in [2.24, 2.45) is 0 Å². The summed E-state index contributed by atoms with van der Waals surface area (Å²) in [4.78, 5) is 5.13. The van der Waals surface area contributed by atoms with Gasteiger partial charge in [0.05, 0.1) is 16.4 Å². The minimum atomic E-state index is -0.144. The molecule has 6 aromatic rings. The third-order valence-electron chi connectivity index (χ3n) is 12.8. The van der Waals surface area contributed by atoms with Crippen LogP contribution in [-0.4, -0.2) is 20.3 Å². The van der Waals surface area contributed by atoms with E-state index in [9.17, 15) is 0 Å². The van der Waals surface area contributed by atoms with Crippen LogP contribution in [0.15, 0.2) is 60.7 Å². The Morgan fingerprint density at radius 3 is 1.76 bits per heavy atom. The summed E-state index contributed by atoms with van der Waals surface area (Å²) in [6, 6.07) is 23.6. The molecular weight excluding hydrogens is 735 g/mol. The first kappa shape index (κ1) is 37.2. The Morgan fingerprint density at radius 1 is 0.534 bits per heavy atom. The van der Waals surface area contributed by atoms with E-state index in [4.69, 9.17) is 18.9 Å². The number of nitrogens with zero attached hydrogens (tertiary/aromatic N) is 2. The number of anilines is 6. The first-order chi connectivity index (χ1) is 27.3. The van der Waals surface area contributed by atoms with Gasteiger partial charge in [-0.05, 0) is 129 Å². The number of rotatable bonds is 2. The van der Waals surface area contributed by atoms with Crippen LogP contribution in [-0.2, 0) is 16.2 Å². The van der Waals surface area contributed by atoms with Crippen LogP contribution < -0.4 is 45.1 Å². The number of benzene rings is 5. The van der Waals surface area contributed by atoms with Gasteiger partial charge < -0.3 is 28.7 Å². The molecule has 4 aliphatic rings. The quantitative estimate of drug-likeness (QED) is 0.163. The molecule has 0 spiro atoms. The highest BCUT2D eigenvalue weighted by molar-refractivity contribution is 7.26. The van der Waals surface area contributed by atoms with Gasteiger partial charge in [0.25, 0.3) is 6.71 Å². The monoisotopic (exact) mass is 788 g/mol. The van der Waals surface area contributed by atoms with E-state index in [-0.39, 0.29) is 36.5 Å². The van der Waals surface area contributed by atoms with E-state index in [1.54, 1.807) is 0 Å². The van der Waals surface area contributed by atoms with Crippen molar-refractivity contribution in [2.45, 2.75) is 106 Å². The normalized spacial score (nSPS) is 15.3. The average Bonchev–Trinajstić information content (AvgIpc) is 3.89. The van der Waals surface area contributed by atoms with Crippen molar-refractivity contribution in [3.05, 3.63) is 99.6 Å². The van der Waals surface area contributed by atoms with E-state index in [2.05, 4.69) is 160 Å². The molecule has 0 saturated heterocycles. The van der Waals surface area contributed by atoms with Gasteiger partial charge in [-0.2, -0.15) is 0 Å². The van der Waals surface area contributed by atoms with Crippen LogP contribution in [0.5, 0.6) is 23.0 Å². The highest BCUT2D eigenvalue weighted by atomic mass is 32.1. The molecule has 0 fully saturated rings. The Hall–Kier alpha value is -5.08. The summed E-state index contributed by atoms with van der Waals surface area (Å²) in [6.07, 6.45) is 0. The molecule has 0 saturated carbocycles. The zero-order chi connectivity index (χ0) is 41.0. The molecule has 0 N–H and O–H groups in total. The largest absolute Gasteiger partial charge is 0.454 e. The standard InChI is InChI=1S/C50H53BN2O4S/c1-26-16-31(49(8,9)10)17-27(2)44(26)52-35-23-39-38(54-24-55-39)22-34(35)51-42-33-19-30(48(5,6)7)14-15-41(33)58-47(42)53(37-21-32(50(11,12)13)20-36(52)43(37)51)45-28(3)18-40-46(29(45)4)57-25-56-40/h14-23H,24-25H2,1-13H3. The second-order valence-electron chi connectivity index (χ2n) is 19.9. The Labute approximate surface area is 347 Å². The average molecular weight is 789 g/mol. The Bertz CT molecular complexity index is 2740. The molecule has 0 unspecified atom stereocenters. The summed E-state index contributed by atoms with van der Waals surface area (Å²) in [5.41, 5.74) is 18.2. The highest BCUT2D eigenvalue weighted by Crippen LogP contribution is 2.54. The number of fused-ring (bicyclic) bond motifs is 8. The van der Waals surface area contributed by atoms with Gasteiger partial charge in [0.1, 0.15) is 0 Å². The Morgan fingerprint density at radius 2 is 1.10 bits per heavy atom. The number of thiophene rings is 1. The summed E-state index contributed by atoms with van der Waals surface area (Å²) >= 11 is 1.89. The molecule has 0 radical (unpaired) electrons. The molecule has 10 rings (SSSR count). The summed E-state index contributed by atoms with van der Waals surface area (Å²) in [7, 11) is 0. The zero-order valence-corrected chi connectivity index (χ0v) is 37.0. The molecule has 58 heavy (non-hydrogen) atoms. The first-order valence-electron chi connectivity index (χ1n) is 20.6. The molecule has 0 atom stereocenters. The first-order valence-corrected chi connectivity index (χ1v) is 21.4. The third-order valence-corrected chi connectivity index (χ3v) is 13.9. The number of aryl methyl sites for hydroxylation is 3. The lowest BCUT2D eigenvalue weighted by Gasteiger charge is -2.45. The molecular formula is C50H53BN2O4S. The smallest absolute Gasteiger partial charge is 0.254 e. The molecule has 1 aromatic heterocycles. The van der Waals surface area contributed by atoms with Crippen LogP contribution in [0, 0.1) is 27.7 Å². The molecule has 0 aliphatic carbocycles. The van der Waals surface area contributed by atoms with E-state index in [0.717, 1.165) is 45.5 Å². The van der Waals surface area contributed by atoms with E-state index < -0.39 is 0 Å². The van der Waals surface area contributed by atoms with Gasteiger partial charge in [-0.25, -0.2) is 0 Å². The van der Waals surface area contributed by atoms with Crippen molar-refractivity contribution >= 4 is 78.0 Å². The van der Waals surface area contributed by atoms with E-state index in [1.807, 2.05) is 11.3 Å². The molecule has 296 valence electrons. The van der Waals surface area contributed by atoms with Gasteiger partial charge in [-0.3, -0.25) is 0 Å². The summed E-state index contributed by atoms with van der Waals surface area (Å²) in [6.45, 7) is 30.2. The van der Waals surface area contributed by atoms with Gasteiger partial charge in [0.15, 0.2) is 23.0 Å².